The average molecular weight is 367 g/mol. The molecule has 0 saturated heterocycles. The summed E-state index contributed by atoms with van der Waals surface area (Å²) in [5, 5.41) is 0. The molecule has 0 unspecified atom stereocenters. The quantitative estimate of drug-likeness (QED) is 0.825. The topological polar surface area (TPSA) is 55.4 Å². The van der Waals surface area contributed by atoms with Crippen LogP contribution in [0.25, 0.3) is 0 Å². The van der Waals surface area contributed by atoms with Crippen molar-refractivity contribution in [1.29, 1.82) is 0 Å². The molecule has 0 saturated carbocycles. The van der Waals surface area contributed by atoms with Crippen LogP contribution in [0.3, 0.4) is 0 Å². The molecule has 0 amide bonds. The molecule has 0 aliphatic rings. The van der Waals surface area contributed by atoms with Crippen molar-refractivity contribution in [2.75, 3.05) is 0 Å². The predicted molar refractivity (Wildman–Crippen MR) is 73.5 cm³/mol. The molecule has 2 rings (SSSR count). The van der Waals surface area contributed by atoms with E-state index in [1.807, 2.05) is 4.72 Å². The molecular formula is C14H10F5NO3S. The lowest BCUT2D eigenvalue weighted by Crippen LogP contribution is -2.24. The number of rotatable bonds is 5. The molecule has 0 aromatic heterocycles. The summed E-state index contributed by atoms with van der Waals surface area (Å²) >= 11 is 0. The first-order valence-electron chi connectivity index (χ1n) is 6.36. The Morgan fingerprint density at radius 1 is 1.04 bits per heavy atom. The number of nitrogens with one attached hydrogen (secondary N) is 1. The van der Waals surface area contributed by atoms with Gasteiger partial charge in [-0.3, -0.25) is 0 Å². The Morgan fingerprint density at radius 2 is 1.75 bits per heavy atom. The van der Waals surface area contributed by atoms with Gasteiger partial charge in [-0.25, -0.2) is 21.9 Å². The Morgan fingerprint density at radius 3 is 2.38 bits per heavy atom. The van der Waals surface area contributed by atoms with Crippen LogP contribution in [0.15, 0.2) is 47.4 Å². The Hall–Kier alpha value is -2.20. The fraction of sp³-hybridized carbons (Fsp3) is 0.143. The standard InChI is InChI=1S/C14H10F5NO3S/c15-10-4-5-13(12(16)7-10)24(21,22)20-8-9-2-1-3-11(6-9)23-14(17,18)19/h1-7,20H,8H2. The van der Waals surface area contributed by atoms with Crippen LogP contribution in [0.1, 0.15) is 5.56 Å². The molecule has 2 aromatic rings. The second kappa shape index (κ2) is 6.73. The van der Waals surface area contributed by atoms with Gasteiger partial charge in [-0.1, -0.05) is 12.1 Å². The minimum atomic E-state index is -4.88. The maximum absolute atomic E-state index is 13.5. The second-order valence-corrected chi connectivity index (χ2v) is 6.33. The zero-order valence-electron chi connectivity index (χ0n) is 11.8. The van der Waals surface area contributed by atoms with Crippen LogP contribution in [-0.2, 0) is 16.6 Å². The molecular weight excluding hydrogens is 357 g/mol. The molecule has 24 heavy (non-hydrogen) atoms. The van der Waals surface area contributed by atoms with Crippen molar-refractivity contribution in [3.8, 4) is 5.75 Å². The van der Waals surface area contributed by atoms with Gasteiger partial charge in [-0.15, -0.1) is 13.2 Å². The van der Waals surface area contributed by atoms with Crippen LogP contribution in [0.5, 0.6) is 5.75 Å². The van der Waals surface area contributed by atoms with Gasteiger partial charge in [0.25, 0.3) is 0 Å². The minimum absolute atomic E-state index is 0.155. The van der Waals surface area contributed by atoms with Crippen LogP contribution in [-0.4, -0.2) is 14.8 Å². The van der Waals surface area contributed by atoms with E-state index in [0.29, 0.717) is 6.07 Å². The number of benzene rings is 2. The summed E-state index contributed by atoms with van der Waals surface area (Å²) in [6.45, 7) is -0.409. The van der Waals surface area contributed by atoms with E-state index >= 15 is 0 Å². The molecule has 0 spiro atoms. The third kappa shape index (κ3) is 4.90. The van der Waals surface area contributed by atoms with Gasteiger partial charge in [0.1, 0.15) is 22.3 Å². The van der Waals surface area contributed by atoms with E-state index in [4.69, 9.17) is 0 Å². The van der Waals surface area contributed by atoms with Crippen molar-refractivity contribution in [3.63, 3.8) is 0 Å². The molecule has 130 valence electrons. The first kappa shape index (κ1) is 18.1. The van der Waals surface area contributed by atoms with Crippen LogP contribution in [0, 0.1) is 11.6 Å². The highest BCUT2D eigenvalue weighted by atomic mass is 32.2. The summed E-state index contributed by atoms with van der Waals surface area (Å²) in [7, 11) is -4.31. The van der Waals surface area contributed by atoms with Gasteiger partial charge in [-0.2, -0.15) is 0 Å². The average Bonchev–Trinajstić information content (AvgIpc) is 2.43. The molecule has 0 aliphatic carbocycles. The number of halogens is 5. The largest absolute Gasteiger partial charge is 0.573 e. The van der Waals surface area contributed by atoms with Gasteiger partial charge < -0.3 is 4.74 Å². The van der Waals surface area contributed by atoms with Crippen molar-refractivity contribution >= 4 is 10.0 Å². The minimum Gasteiger partial charge on any atom is -0.406 e. The lowest BCUT2D eigenvalue weighted by atomic mass is 10.2. The highest BCUT2D eigenvalue weighted by molar-refractivity contribution is 7.89. The van der Waals surface area contributed by atoms with E-state index in [0.717, 1.165) is 24.3 Å². The third-order valence-electron chi connectivity index (χ3n) is 2.78. The number of ether oxygens (including phenoxy) is 1. The summed E-state index contributed by atoms with van der Waals surface area (Å²) in [6.07, 6.45) is -4.88. The van der Waals surface area contributed by atoms with Crippen LogP contribution in [0.4, 0.5) is 22.0 Å². The van der Waals surface area contributed by atoms with E-state index in [1.165, 1.54) is 12.1 Å². The lowest BCUT2D eigenvalue weighted by molar-refractivity contribution is -0.274. The Labute approximate surface area is 133 Å². The van der Waals surface area contributed by atoms with E-state index in [1.54, 1.807) is 0 Å². The number of alkyl halides is 3. The van der Waals surface area contributed by atoms with Crippen molar-refractivity contribution in [2.24, 2.45) is 0 Å². The highest BCUT2D eigenvalue weighted by Gasteiger charge is 2.31. The second-order valence-electron chi connectivity index (χ2n) is 4.59. The maximum Gasteiger partial charge on any atom is 0.573 e. The van der Waals surface area contributed by atoms with Gasteiger partial charge >= 0.3 is 6.36 Å². The molecule has 0 aliphatic heterocycles. The Bertz CT molecular complexity index is 837. The fourth-order valence-electron chi connectivity index (χ4n) is 1.80. The van der Waals surface area contributed by atoms with Gasteiger partial charge in [-0.05, 0) is 29.8 Å². The molecule has 0 bridgehead atoms. The molecule has 2 aromatic carbocycles. The Kier molecular flexibility index (Phi) is 5.09. The van der Waals surface area contributed by atoms with Crippen molar-refractivity contribution < 1.29 is 35.1 Å². The molecule has 0 radical (unpaired) electrons. The summed E-state index contributed by atoms with van der Waals surface area (Å²) in [6, 6.07) is 6.55. The van der Waals surface area contributed by atoms with Crippen molar-refractivity contribution in [2.45, 2.75) is 17.8 Å². The van der Waals surface area contributed by atoms with Crippen molar-refractivity contribution in [3.05, 3.63) is 59.7 Å². The predicted octanol–water partition coefficient (Wildman–Crippen LogP) is 3.34. The van der Waals surface area contributed by atoms with E-state index < -0.39 is 45.2 Å². The summed E-state index contributed by atoms with van der Waals surface area (Å²) in [4.78, 5) is -0.772. The number of hydrogen-bond donors (Lipinski definition) is 1. The SMILES string of the molecule is O=S(=O)(NCc1cccc(OC(F)(F)F)c1)c1ccc(F)cc1F. The lowest BCUT2D eigenvalue weighted by Gasteiger charge is -2.11. The normalized spacial score (nSPS) is 12.2. The number of hydrogen-bond acceptors (Lipinski definition) is 3. The molecule has 1 N–H and O–H groups in total. The van der Waals surface area contributed by atoms with E-state index in [-0.39, 0.29) is 5.56 Å². The molecule has 10 heteroatoms. The van der Waals surface area contributed by atoms with Crippen LogP contribution in [0.2, 0.25) is 0 Å². The zero-order valence-corrected chi connectivity index (χ0v) is 12.6. The van der Waals surface area contributed by atoms with Gasteiger partial charge in [0.05, 0.1) is 0 Å². The smallest absolute Gasteiger partial charge is 0.406 e. The van der Waals surface area contributed by atoms with Gasteiger partial charge in [0.2, 0.25) is 10.0 Å². The molecule has 0 fully saturated rings. The van der Waals surface area contributed by atoms with E-state index in [2.05, 4.69) is 4.74 Å². The maximum atomic E-state index is 13.5. The first-order valence-corrected chi connectivity index (χ1v) is 7.84. The summed E-state index contributed by atoms with van der Waals surface area (Å²) < 4.78 is 92.4. The Balaban J connectivity index is 2.14. The molecule has 0 heterocycles. The van der Waals surface area contributed by atoms with Gasteiger partial charge in [0, 0.05) is 12.6 Å². The highest BCUT2D eigenvalue weighted by Crippen LogP contribution is 2.23. The van der Waals surface area contributed by atoms with Crippen LogP contribution < -0.4 is 9.46 Å². The monoisotopic (exact) mass is 367 g/mol. The third-order valence-corrected chi connectivity index (χ3v) is 4.22. The van der Waals surface area contributed by atoms with Crippen molar-refractivity contribution in [1.82, 2.24) is 4.72 Å². The first-order chi connectivity index (χ1) is 11.1. The van der Waals surface area contributed by atoms with Crippen LogP contribution >= 0.6 is 0 Å². The number of sulfonamides is 1. The zero-order chi connectivity index (χ0) is 18.0. The van der Waals surface area contributed by atoms with E-state index in [9.17, 15) is 30.4 Å². The summed E-state index contributed by atoms with van der Waals surface area (Å²) in [5.74, 6) is -2.74. The fourth-order valence-corrected chi connectivity index (χ4v) is 2.88. The molecule has 0 atom stereocenters. The van der Waals surface area contributed by atoms with Gasteiger partial charge in [0.15, 0.2) is 0 Å². The summed E-state index contributed by atoms with van der Waals surface area (Å²) in [5.41, 5.74) is 0.155. The molecule has 4 nitrogen and oxygen atoms in total.